The number of ether oxygens (including phenoxy) is 1. The van der Waals surface area contributed by atoms with Crippen molar-refractivity contribution in [2.75, 3.05) is 11.4 Å². The topological polar surface area (TPSA) is 104 Å². The van der Waals surface area contributed by atoms with Gasteiger partial charge in [-0.15, -0.1) is 0 Å². The van der Waals surface area contributed by atoms with Crippen LogP contribution in [0.4, 0.5) is 15.0 Å². The van der Waals surface area contributed by atoms with E-state index < -0.39 is 24.1 Å². The van der Waals surface area contributed by atoms with Gasteiger partial charge in [0, 0.05) is 24.6 Å². The van der Waals surface area contributed by atoms with Gasteiger partial charge in [-0.25, -0.2) is 9.18 Å². The molecule has 1 aliphatic carbocycles. The van der Waals surface area contributed by atoms with E-state index in [9.17, 15) is 14.3 Å². The Labute approximate surface area is 148 Å². The Bertz CT molecular complexity index is 880. The number of rotatable bonds is 3. The van der Waals surface area contributed by atoms with Gasteiger partial charge in [0.05, 0.1) is 18.1 Å². The number of aromatic amines is 1. The summed E-state index contributed by atoms with van der Waals surface area (Å²) in [5.74, 6) is -0.168. The number of anilines is 1. The molecule has 0 bridgehead atoms. The van der Waals surface area contributed by atoms with E-state index in [4.69, 9.17) is 4.74 Å². The molecule has 0 aromatic carbocycles. The van der Waals surface area contributed by atoms with Crippen molar-refractivity contribution < 1.29 is 19.0 Å². The molecule has 4 rings (SSSR count). The third-order valence-electron chi connectivity index (χ3n) is 4.39. The average Bonchev–Trinajstić information content (AvgIpc) is 3.14. The quantitative estimate of drug-likeness (QED) is 0.872. The predicted molar refractivity (Wildman–Crippen MR) is 89.7 cm³/mol. The molecule has 1 aliphatic heterocycles. The van der Waals surface area contributed by atoms with Gasteiger partial charge in [-0.2, -0.15) is 15.3 Å². The maximum absolute atomic E-state index is 13.6. The molecule has 1 saturated heterocycles. The van der Waals surface area contributed by atoms with Gasteiger partial charge in [0.1, 0.15) is 18.0 Å². The summed E-state index contributed by atoms with van der Waals surface area (Å²) in [7, 11) is 0. The average molecular weight is 357 g/mol. The van der Waals surface area contributed by atoms with Crippen LogP contribution in [0.5, 0.6) is 0 Å². The maximum atomic E-state index is 13.6. The predicted octanol–water partition coefficient (Wildman–Crippen LogP) is 2.13. The fourth-order valence-electron chi connectivity index (χ4n) is 2.97. The number of hydrogen-bond acceptors (Lipinski definition) is 6. The monoisotopic (exact) mass is 357 g/mol. The van der Waals surface area contributed by atoms with Gasteiger partial charge in [-0.05, 0) is 24.1 Å². The Morgan fingerprint density at radius 1 is 1.38 bits per heavy atom. The van der Waals surface area contributed by atoms with E-state index in [0.29, 0.717) is 30.1 Å². The van der Waals surface area contributed by atoms with Crippen LogP contribution in [0, 0.1) is 0 Å². The zero-order valence-corrected chi connectivity index (χ0v) is 13.7. The highest BCUT2D eigenvalue weighted by Crippen LogP contribution is 2.29. The van der Waals surface area contributed by atoms with Crippen molar-refractivity contribution in [3.63, 3.8) is 0 Å². The molecule has 26 heavy (non-hydrogen) atoms. The van der Waals surface area contributed by atoms with Crippen molar-refractivity contribution in [1.82, 2.24) is 20.4 Å². The van der Waals surface area contributed by atoms with Gasteiger partial charge >= 0.3 is 6.09 Å². The van der Waals surface area contributed by atoms with E-state index in [1.165, 1.54) is 11.0 Å². The number of H-pyrrole nitrogens is 1. The first-order chi connectivity index (χ1) is 12.6. The molecule has 1 amide bonds. The molecule has 1 fully saturated rings. The van der Waals surface area contributed by atoms with Gasteiger partial charge < -0.3 is 9.84 Å². The molecule has 8 nitrogen and oxygen atoms in total. The molecule has 2 unspecified atom stereocenters. The first-order valence-corrected chi connectivity index (χ1v) is 8.17. The summed E-state index contributed by atoms with van der Waals surface area (Å²) in [4.78, 5) is 13.8. The minimum Gasteiger partial charge on any atom is -0.441 e. The zero-order chi connectivity index (χ0) is 18.1. The van der Waals surface area contributed by atoms with Crippen LogP contribution in [0.2, 0.25) is 0 Å². The van der Waals surface area contributed by atoms with Crippen LogP contribution in [0.3, 0.4) is 0 Å². The number of aliphatic hydroxyl groups is 1. The second-order valence-electron chi connectivity index (χ2n) is 6.07. The summed E-state index contributed by atoms with van der Waals surface area (Å²) in [6.45, 7) is 0.387. The van der Waals surface area contributed by atoms with Gasteiger partial charge in [-0.1, -0.05) is 6.08 Å². The van der Waals surface area contributed by atoms with Crippen molar-refractivity contribution in [1.29, 1.82) is 0 Å². The SMILES string of the molecule is O=C1OC(C2=CCC(O)C(F)=C2)CCN1c1cc(-c2ccnnc2)[nH]n1. The number of hydrogen-bond donors (Lipinski definition) is 2. The number of amides is 1. The van der Waals surface area contributed by atoms with E-state index >= 15 is 0 Å². The first kappa shape index (κ1) is 16.4. The van der Waals surface area contributed by atoms with Crippen molar-refractivity contribution in [3.8, 4) is 11.3 Å². The lowest BCUT2D eigenvalue weighted by Crippen LogP contribution is -2.43. The van der Waals surface area contributed by atoms with E-state index in [1.54, 1.807) is 30.6 Å². The zero-order valence-electron chi connectivity index (χ0n) is 13.7. The fraction of sp³-hybridized carbons (Fsp3) is 0.294. The lowest BCUT2D eigenvalue weighted by Gasteiger charge is -2.31. The molecule has 2 atom stereocenters. The van der Waals surface area contributed by atoms with Gasteiger partial charge in [0.15, 0.2) is 5.82 Å². The van der Waals surface area contributed by atoms with Crippen LogP contribution in [-0.2, 0) is 4.74 Å². The number of nitrogens with one attached hydrogen (secondary N) is 1. The number of aliphatic hydroxyl groups excluding tert-OH is 1. The molecule has 0 saturated carbocycles. The molecule has 2 aromatic rings. The van der Waals surface area contributed by atoms with Crippen molar-refractivity contribution in [2.24, 2.45) is 0 Å². The molecule has 3 heterocycles. The van der Waals surface area contributed by atoms with Crippen molar-refractivity contribution in [2.45, 2.75) is 25.0 Å². The van der Waals surface area contributed by atoms with E-state index in [2.05, 4.69) is 20.4 Å². The summed E-state index contributed by atoms with van der Waals surface area (Å²) >= 11 is 0. The van der Waals surface area contributed by atoms with Crippen LogP contribution in [-0.4, -0.2) is 50.3 Å². The Kier molecular flexibility index (Phi) is 4.21. The Balaban J connectivity index is 1.47. The summed E-state index contributed by atoms with van der Waals surface area (Å²) in [5.41, 5.74) is 2.08. The number of nitrogens with zero attached hydrogens (tertiary/aromatic N) is 4. The van der Waals surface area contributed by atoms with Crippen molar-refractivity contribution in [3.05, 3.63) is 48.1 Å². The minimum atomic E-state index is -1.11. The Morgan fingerprint density at radius 3 is 3.00 bits per heavy atom. The number of carbonyl (C=O) groups is 1. The van der Waals surface area contributed by atoms with Crippen molar-refractivity contribution >= 4 is 11.9 Å². The molecule has 2 aliphatic rings. The molecule has 134 valence electrons. The highest BCUT2D eigenvalue weighted by atomic mass is 19.1. The summed E-state index contributed by atoms with van der Waals surface area (Å²) < 4.78 is 19.0. The normalized spacial score (nSPS) is 23.3. The van der Waals surface area contributed by atoms with Gasteiger partial charge in [0.25, 0.3) is 0 Å². The summed E-state index contributed by atoms with van der Waals surface area (Å²) in [6.07, 6.45) is 4.58. The minimum absolute atomic E-state index is 0.179. The fourth-order valence-corrected chi connectivity index (χ4v) is 2.97. The van der Waals surface area contributed by atoms with E-state index in [0.717, 1.165) is 5.56 Å². The molecular formula is C17H16FN5O3. The molecule has 0 spiro atoms. The number of halogens is 1. The van der Waals surface area contributed by atoms with E-state index in [-0.39, 0.29) is 6.42 Å². The molecular weight excluding hydrogens is 341 g/mol. The van der Waals surface area contributed by atoms with Crippen LogP contribution >= 0.6 is 0 Å². The smallest absolute Gasteiger partial charge is 0.416 e. The molecule has 2 aromatic heterocycles. The first-order valence-electron chi connectivity index (χ1n) is 8.17. The number of cyclic esters (lactones) is 1. The van der Waals surface area contributed by atoms with Gasteiger partial charge in [-0.3, -0.25) is 10.00 Å². The summed E-state index contributed by atoms with van der Waals surface area (Å²) in [6, 6.07) is 3.51. The standard InChI is InChI=1S/C17H16FN5O3/c18-12-7-10(1-2-14(12)24)15-4-6-23(17(25)26-15)16-8-13(21-22-16)11-3-5-19-20-9-11/h1,3,5,7-9,14-15,24H,2,4,6H2,(H,21,22). The van der Waals surface area contributed by atoms with Crippen LogP contribution < -0.4 is 4.90 Å². The van der Waals surface area contributed by atoms with Gasteiger partial charge in [0.2, 0.25) is 0 Å². The highest BCUT2D eigenvalue weighted by Gasteiger charge is 2.32. The lowest BCUT2D eigenvalue weighted by molar-refractivity contribution is 0.102. The second-order valence-corrected chi connectivity index (χ2v) is 6.07. The third kappa shape index (κ3) is 3.08. The number of carbonyl (C=O) groups excluding carboxylic acids is 1. The Morgan fingerprint density at radius 2 is 2.27 bits per heavy atom. The molecule has 0 radical (unpaired) electrons. The largest absolute Gasteiger partial charge is 0.441 e. The van der Waals surface area contributed by atoms with Crippen LogP contribution in [0.1, 0.15) is 12.8 Å². The van der Waals surface area contributed by atoms with E-state index in [1.807, 2.05) is 0 Å². The lowest BCUT2D eigenvalue weighted by atomic mass is 9.97. The van der Waals surface area contributed by atoms with Crippen LogP contribution in [0.25, 0.3) is 11.3 Å². The highest BCUT2D eigenvalue weighted by molar-refractivity contribution is 5.88. The summed E-state index contributed by atoms with van der Waals surface area (Å²) in [5, 5.41) is 24.0. The maximum Gasteiger partial charge on any atom is 0.416 e. The Hall–Kier alpha value is -3.07. The number of aromatic nitrogens is 4. The molecule has 2 N–H and O–H groups in total. The third-order valence-corrected chi connectivity index (χ3v) is 4.39. The second kappa shape index (κ2) is 6.68. The molecule has 9 heteroatoms. The van der Waals surface area contributed by atoms with Crippen LogP contribution in [0.15, 0.2) is 48.1 Å².